The lowest BCUT2D eigenvalue weighted by molar-refractivity contribution is -0.137. The molecule has 0 radical (unpaired) electrons. The van der Waals surface area contributed by atoms with Gasteiger partial charge in [0.1, 0.15) is 6.54 Å². The third-order valence-corrected chi connectivity index (χ3v) is 4.92. The van der Waals surface area contributed by atoms with Crippen molar-refractivity contribution in [2.24, 2.45) is 0 Å². The Morgan fingerprint density at radius 2 is 2.03 bits per heavy atom. The number of rotatable bonds is 5. The molecule has 160 valence electrons. The van der Waals surface area contributed by atoms with Crippen molar-refractivity contribution in [1.82, 2.24) is 15.1 Å². The quantitative estimate of drug-likeness (QED) is 0.778. The van der Waals surface area contributed by atoms with Crippen LogP contribution in [0, 0.1) is 0 Å². The number of hydrogen-bond donors (Lipinski definition) is 2. The molecular weight excluding hydrogens is 388 g/mol. The first-order valence-electron chi connectivity index (χ1n) is 9.81. The zero-order chi connectivity index (χ0) is 22.0. The van der Waals surface area contributed by atoms with Gasteiger partial charge < -0.3 is 20.1 Å². The minimum atomic E-state index is -0.978. The van der Waals surface area contributed by atoms with Gasteiger partial charge in [-0.25, -0.2) is 4.79 Å². The average Bonchev–Trinajstić information content (AvgIpc) is 3.08. The first kappa shape index (κ1) is 21.4. The number of nitrogens with zero attached hydrogens (tertiary/aromatic N) is 3. The molecule has 3 rings (SSSR count). The number of aromatic nitrogens is 2. The Bertz CT molecular complexity index is 968. The lowest BCUT2D eigenvalue weighted by Gasteiger charge is -2.39. The number of carbonyl (C=O) groups is 3. The fourth-order valence-electron chi connectivity index (χ4n) is 3.79. The summed E-state index contributed by atoms with van der Waals surface area (Å²) >= 11 is 0. The molecule has 0 saturated carbocycles. The summed E-state index contributed by atoms with van der Waals surface area (Å²) in [6.07, 6.45) is 3.03. The number of hydrogen-bond acceptors (Lipinski definition) is 5. The summed E-state index contributed by atoms with van der Waals surface area (Å²) in [4.78, 5) is 37.1. The summed E-state index contributed by atoms with van der Waals surface area (Å²) in [6.45, 7) is 6.79. The van der Waals surface area contributed by atoms with E-state index in [1.165, 1.54) is 11.6 Å². The summed E-state index contributed by atoms with van der Waals surface area (Å²) in [7, 11) is 0. The summed E-state index contributed by atoms with van der Waals surface area (Å²) in [5.74, 6) is -1.05. The van der Waals surface area contributed by atoms with E-state index in [4.69, 9.17) is 9.84 Å². The molecule has 2 N–H and O–H groups in total. The zero-order valence-corrected chi connectivity index (χ0v) is 17.5. The second kappa shape index (κ2) is 8.56. The molecule has 0 bridgehead atoms. The minimum Gasteiger partial charge on any atom is -0.480 e. The first-order valence-corrected chi connectivity index (χ1v) is 9.81. The van der Waals surface area contributed by atoms with E-state index in [2.05, 4.69) is 10.4 Å². The Labute approximate surface area is 174 Å². The maximum atomic E-state index is 12.3. The number of carboxylic acids is 1. The van der Waals surface area contributed by atoms with Gasteiger partial charge in [0.05, 0.1) is 18.3 Å². The molecule has 2 unspecified atom stereocenters. The molecule has 1 aliphatic heterocycles. The third kappa shape index (κ3) is 4.61. The number of fused-ring (bicyclic) bond motifs is 1. The molecule has 0 saturated heterocycles. The van der Waals surface area contributed by atoms with Crippen LogP contribution in [0.3, 0.4) is 0 Å². The van der Waals surface area contributed by atoms with Crippen molar-refractivity contribution in [2.75, 3.05) is 4.90 Å². The van der Waals surface area contributed by atoms with Gasteiger partial charge in [0.15, 0.2) is 0 Å². The molecule has 9 heteroatoms. The second-order valence-corrected chi connectivity index (χ2v) is 7.72. The fourth-order valence-corrected chi connectivity index (χ4v) is 3.79. The standard InChI is InChI=1S/C21H26N4O5/c1-12(2)30-21(29)23-18-7-13(3)25(14(4)26)19-6-5-15(8-17(18)19)16-9-22-24(10-16)11-20(27)28/h5-6,8-10,12-13,18H,7,11H2,1-4H3,(H,23,29)(H,27,28). The summed E-state index contributed by atoms with van der Waals surface area (Å²) in [5.41, 5.74) is 3.09. The number of carbonyl (C=O) groups excluding carboxylic acids is 2. The Balaban J connectivity index is 1.98. The van der Waals surface area contributed by atoms with Gasteiger partial charge >= 0.3 is 12.1 Å². The largest absolute Gasteiger partial charge is 0.480 e. The maximum absolute atomic E-state index is 12.3. The maximum Gasteiger partial charge on any atom is 0.407 e. The third-order valence-electron chi connectivity index (χ3n) is 4.92. The molecule has 2 aromatic rings. The predicted molar refractivity (Wildman–Crippen MR) is 110 cm³/mol. The van der Waals surface area contributed by atoms with E-state index in [0.29, 0.717) is 6.42 Å². The molecule has 0 fully saturated rings. The first-order chi connectivity index (χ1) is 14.2. The van der Waals surface area contributed by atoms with Crippen LogP contribution in [0.1, 0.15) is 45.7 Å². The van der Waals surface area contributed by atoms with Crippen LogP contribution in [-0.4, -0.2) is 45.0 Å². The van der Waals surface area contributed by atoms with Crippen LogP contribution >= 0.6 is 0 Å². The van der Waals surface area contributed by atoms with E-state index >= 15 is 0 Å². The topological polar surface area (TPSA) is 114 Å². The van der Waals surface area contributed by atoms with E-state index in [9.17, 15) is 14.4 Å². The average molecular weight is 414 g/mol. The molecule has 1 aromatic heterocycles. The molecule has 9 nitrogen and oxygen atoms in total. The van der Waals surface area contributed by atoms with Gasteiger partial charge in [-0.2, -0.15) is 5.10 Å². The van der Waals surface area contributed by atoms with Crippen molar-refractivity contribution < 1.29 is 24.2 Å². The highest BCUT2D eigenvalue weighted by molar-refractivity contribution is 5.94. The Morgan fingerprint density at radius 3 is 2.67 bits per heavy atom. The van der Waals surface area contributed by atoms with Crippen LogP contribution in [0.4, 0.5) is 10.5 Å². The molecular formula is C21H26N4O5. The van der Waals surface area contributed by atoms with Crippen molar-refractivity contribution in [1.29, 1.82) is 0 Å². The summed E-state index contributed by atoms with van der Waals surface area (Å²) in [5, 5.41) is 15.9. The van der Waals surface area contributed by atoms with Crippen LogP contribution < -0.4 is 10.2 Å². The van der Waals surface area contributed by atoms with Crippen molar-refractivity contribution in [3.63, 3.8) is 0 Å². The molecule has 2 amide bonds. The summed E-state index contributed by atoms with van der Waals surface area (Å²) < 4.78 is 6.58. The molecule has 2 heterocycles. The molecule has 0 aliphatic carbocycles. The van der Waals surface area contributed by atoms with Gasteiger partial charge in [-0.05, 0) is 50.5 Å². The SMILES string of the molecule is CC(=O)N1c2ccc(-c3cnn(CC(=O)O)c3)cc2C(NC(=O)OC(C)C)CC1C. The number of carboxylic acid groups (broad SMARTS) is 1. The Kier molecular flexibility index (Phi) is 6.09. The van der Waals surface area contributed by atoms with Gasteiger partial charge in [-0.3, -0.25) is 14.3 Å². The van der Waals surface area contributed by atoms with Crippen molar-refractivity contribution in [2.45, 2.75) is 58.8 Å². The number of amides is 2. The Morgan fingerprint density at radius 1 is 1.30 bits per heavy atom. The van der Waals surface area contributed by atoms with E-state index in [-0.39, 0.29) is 30.6 Å². The van der Waals surface area contributed by atoms with Gasteiger partial charge in [0, 0.05) is 30.4 Å². The van der Waals surface area contributed by atoms with E-state index < -0.39 is 12.1 Å². The lowest BCUT2D eigenvalue weighted by Crippen LogP contribution is -2.45. The molecule has 30 heavy (non-hydrogen) atoms. The van der Waals surface area contributed by atoms with E-state index in [1.54, 1.807) is 31.1 Å². The van der Waals surface area contributed by atoms with Crippen molar-refractivity contribution >= 4 is 23.7 Å². The normalized spacial score (nSPS) is 18.1. The van der Waals surface area contributed by atoms with E-state index in [0.717, 1.165) is 22.4 Å². The molecule has 1 aliphatic rings. The van der Waals surface area contributed by atoms with Crippen molar-refractivity contribution in [3.8, 4) is 11.1 Å². The molecule has 0 spiro atoms. The monoisotopic (exact) mass is 414 g/mol. The number of anilines is 1. The number of benzene rings is 1. The lowest BCUT2D eigenvalue weighted by atomic mass is 9.89. The molecule has 1 aromatic carbocycles. The number of alkyl carbamates (subject to hydrolysis) is 1. The highest BCUT2D eigenvalue weighted by Crippen LogP contribution is 2.39. The highest BCUT2D eigenvalue weighted by atomic mass is 16.6. The minimum absolute atomic E-state index is 0.0750. The van der Waals surface area contributed by atoms with E-state index in [1.807, 2.05) is 25.1 Å². The Hall–Kier alpha value is -3.36. The molecule has 2 atom stereocenters. The van der Waals surface area contributed by atoms with Crippen LogP contribution in [-0.2, 0) is 20.9 Å². The highest BCUT2D eigenvalue weighted by Gasteiger charge is 2.33. The van der Waals surface area contributed by atoms with Crippen LogP contribution in [0.15, 0.2) is 30.6 Å². The summed E-state index contributed by atoms with van der Waals surface area (Å²) in [6, 6.07) is 5.19. The van der Waals surface area contributed by atoms with Crippen LogP contribution in [0.2, 0.25) is 0 Å². The zero-order valence-electron chi connectivity index (χ0n) is 17.5. The number of nitrogens with one attached hydrogen (secondary N) is 1. The fraction of sp³-hybridized carbons (Fsp3) is 0.429. The van der Waals surface area contributed by atoms with Gasteiger partial charge in [-0.1, -0.05) is 6.07 Å². The van der Waals surface area contributed by atoms with Crippen molar-refractivity contribution in [3.05, 3.63) is 36.2 Å². The smallest absolute Gasteiger partial charge is 0.407 e. The number of ether oxygens (including phenoxy) is 1. The van der Waals surface area contributed by atoms with Gasteiger partial charge in [0.2, 0.25) is 5.91 Å². The van der Waals surface area contributed by atoms with Crippen LogP contribution in [0.25, 0.3) is 11.1 Å². The van der Waals surface area contributed by atoms with Gasteiger partial charge in [0.25, 0.3) is 0 Å². The van der Waals surface area contributed by atoms with Crippen LogP contribution in [0.5, 0.6) is 0 Å². The number of aliphatic carboxylic acids is 1. The second-order valence-electron chi connectivity index (χ2n) is 7.72. The van der Waals surface area contributed by atoms with Gasteiger partial charge in [-0.15, -0.1) is 0 Å². The predicted octanol–water partition coefficient (Wildman–Crippen LogP) is 2.96.